The van der Waals surface area contributed by atoms with Crippen LogP contribution >= 0.6 is 0 Å². The van der Waals surface area contributed by atoms with Crippen molar-refractivity contribution in [1.82, 2.24) is 9.55 Å². The van der Waals surface area contributed by atoms with Gasteiger partial charge in [-0.25, -0.2) is 4.98 Å². The van der Waals surface area contributed by atoms with Gasteiger partial charge in [-0.2, -0.15) is 0 Å². The van der Waals surface area contributed by atoms with Gasteiger partial charge in [0, 0.05) is 12.1 Å². The molecule has 13 heavy (non-hydrogen) atoms. The summed E-state index contributed by atoms with van der Waals surface area (Å²) in [6.07, 6.45) is 1.96. The first kappa shape index (κ1) is 6.89. The molecule has 3 rings (SSSR count). The zero-order valence-electron chi connectivity index (χ0n) is 7.49. The number of benzene rings is 1. The Bertz CT molecular complexity index is 469. The average Bonchev–Trinajstić information content (AvgIpc) is 2.67. The maximum atomic E-state index is 4.30. The van der Waals surface area contributed by atoms with Gasteiger partial charge in [-0.1, -0.05) is 24.3 Å². The highest BCUT2D eigenvalue weighted by molar-refractivity contribution is 5.67. The molecule has 2 nitrogen and oxygen atoms in total. The molecule has 0 fully saturated rings. The van der Waals surface area contributed by atoms with Gasteiger partial charge >= 0.3 is 0 Å². The Morgan fingerprint density at radius 2 is 2.15 bits per heavy atom. The Kier molecular flexibility index (Phi) is 1.18. The SMILES string of the molecule is Cc1ncc2n1Cc1ccccc1-2. The lowest BCUT2D eigenvalue weighted by atomic mass is 10.1. The molecule has 1 aliphatic rings. The molecule has 0 radical (unpaired) electrons. The Morgan fingerprint density at radius 1 is 1.31 bits per heavy atom. The van der Waals surface area contributed by atoms with Crippen molar-refractivity contribution in [3.63, 3.8) is 0 Å². The van der Waals surface area contributed by atoms with Gasteiger partial charge in [-0.15, -0.1) is 0 Å². The van der Waals surface area contributed by atoms with Gasteiger partial charge in [0.25, 0.3) is 0 Å². The summed E-state index contributed by atoms with van der Waals surface area (Å²) >= 11 is 0. The normalized spacial score (nSPS) is 12.7. The van der Waals surface area contributed by atoms with Crippen LogP contribution < -0.4 is 0 Å². The fourth-order valence-corrected chi connectivity index (χ4v) is 1.96. The standard InChI is InChI=1S/C11H10N2/c1-8-12-6-11-10-5-3-2-4-9(10)7-13(8)11/h2-6H,7H2,1H3. The van der Waals surface area contributed by atoms with Crippen molar-refractivity contribution in [2.75, 3.05) is 0 Å². The predicted molar refractivity (Wildman–Crippen MR) is 51.5 cm³/mol. The number of hydrogen-bond acceptors (Lipinski definition) is 1. The van der Waals surface area contributed by atoms with Crippen LogP contribution in [-0.4, -0.2) is 9.55 Å². The Balaban J connectivity index is 2.32. The molecule has 64 valence electrons. The number of aryl methyl sites for hydroxylation is 1. The van der Waals surface area contributed by atoms with E-state index in [1.165, 1.54) is 16.8 Å². The summed E-state index contributed by atoms with van der Waals surface area (Å²) in [5.41, 5.74) is 4.00. The fourth-order valence-electron chi connectivity index (χ4n) is 1.96. The van der Waals surface area contributed by atoms with E-state index in [-0.39, 0.29) is 0 Å². The molecule has 1 aromatic heterocycles. The summed E-state index contributed by atoms with van der Waals surface area (Å²) in [6.45, 7) is 3.03. The van der Waals surface area contributed by atoms with Gasteiger partial charge in [-0.05, 0) is 12.5 Å². The molecule has 0 saturated carbocycles. The van der Waals surface area contributed by atoms with Crippen molar-refractivity contribution in [1.29, 1.82) is 0 Å². The number of rotatable bonds is 0. The third-order valence-electron chi connectivity index (χ3n) is 2.68. The van der Waals surface area contributed by atoms with E-state index in [0.717, 1.165) is 12.4 Å². The molecule has 0 spiro atoms. The number of fused-ring (bicyclic) bond motifs is 3. The molecular formula is C11H10N2. The summed E-state index contributed by atoms with van der Waals surface area (Å²) in [5, 5.41) is 0. The topological polar surface area (TPSA) is 17.8 Å². The van der Waals surface area contributed by atoms with Crippen molar-refractivity contribution in [2.45, 2.75) is 13.5 Å². The second kappa shape index (κ2) is 2.22. The monoisotopic (exact) mass is 170 g/mol. The summed E-state index contributed by atoms with van der Waals surface area (Å²) in [4.78, 5) is 4.30. The largest absolute Gasteiger partial charge is 0.324 e. The van der Waals surface area contributed by atoms with Crippen LogP contribution in [-0.2, 0) is 6.54 Å². The van der Waals surface area contributed by atoms with Gasteiger partial charge in [0.2, 0.25) is 0 Å². The predicted octanol–water partition coefficient (Wildman–Crippen LogP) is 2.22. The van der Waals surface area contributed by atoms with Gasteiger partial charge in [-0.3, -0.25) is 0 Å². The van der Waals surface area contributed by atoms with E-state index in [1.54, 1.807) is 0 Å². The number of hydrogen-bond donors (Lipinski definition) is 0. The van der Waals surface area contributed by atoms with Gasteiger partial charge in [0.05, 0.1) is 11.9 Å². The molecule has 0 aliphatic carbocycles. The molecule has 1 aliphatic heterocycles. The van der Waals surface area contributed by atoms with Crippen LogP contribution in [0, 0.1) is 6.92 Å². The first-order valence-corrected chi connectivity index (χ1v) is 4.46. The minimum atomic E-state index is 0.983. The molecule has 1 aromatic carbocycles. The third kappa shape index (κ3) is 0.800. The molecule has 2 aromatic rings. The third-order valence-corrected chi connectivity index (χ3v) is 2.68. The molecule has 0 atom stereocenters. The van der Waals surface area contributed by atoms with Crippen LogP contribution in [0.2, 0.25) is 0 Å². The van der Waals surface area contributed by atoms with Crippen molar-refractivity contribution in [3.8, 4) is 11.3 Å². The highest BCUT2D eigenvalue weighted by Gasteiger charge is 2.18. The van der Waals surface area contributed by atoms with Crippen LogP contribution in [0.15, 0.2) is 30.5 Å². The quantitative estimate of drug-likeness (QED) is 0.506. The van der Waals surface area contributed by atoms with E-state index in [2.05, 4.69) is 40.7 Å². The van der Waals surface area contributed by atoms with E-state index < -0.39 is 0 Å². The van der Waals surface area contributed by atoms with E-state index in [4.69, 9.17) is 0 Å². The average molecular weight is 170 g/mol. The maximum Gasteiger partial charge on any atom is 0.106 e. The lowest BCUT2D eigenvalue weighted by Gasteiger charge is -1.97. The molecular weight excluding hydrogens is 160 g/mol. The molecule has 0 bridgehead atoms. The summed E-state index contributed by atoms with van der Waals surface area (Å²) in [6, 6.07) is 8.52. The lowest BCUT2D eigenvalue weighted by molar-refractivity contribution is 0.798. The van der Waals surface area contributed by atoms with Gasteiger partial charge in [0.1, 0.15) is 5.82 Å². The van der Waals surface area contributed by atoms with Crippen LogP contribution in [0.4, 0.5) is 0 Å². The summed E-state index contributed by atoms with van der Waals surface area (Å²) in [7, 11) is 0. The maximum absolute atomic E-state index is 4.30. The second-order valence-corrected chi connectivity index (χ2v) is 3.43. The van der Waals surface area contributed by atoms with E-state index in [9.17, 15) is 0 Å². The number of nitrogens with zero attached hydrogens (tertiary/aromatic N) is 2. The second-order valence-electron chi connectivity index (χ2n) is 3.43. The van der Waals surface area contributed by atoms with Crippen molar-refractivity contribution >= 4 is 0 Å². The smallest absolute Gasteiger partial charge is 0.106 e. The van der Waals surface area contributed by atoms with Crippen molar-refractivity contribution in [2.24, 2.45) is 0 Å². The molecule has 2 heterocycles. The van der Waals surface area contributed by atoms with E-state index in [0.29, 0.717) is 0 Å². The Morgan fingerprint density at radius 3 is 3.08 bits per heavy atom. The fraction of sp³-hybridized carbons (Fsp3) is 0.182. The zero-order chi connectivity index (χ0) is 8.84. The first-order valence-electron chi connectivity index (χ1n) is 4.46. The summed E-state index contributed by atoms with van der Waals surface area (Å²) < 4.78 is 2.25. The molecule has 0 amide bonds. The Hall–Kier alpha value is -1.57. The van der Waals surface area contributed by atoms with Crippen molar-refractivity contribution < 1.29 is 0 Å². The lowest BCUT2D eigenvalue weighted by Crippen LogP contribution is -1.95. The number of aromatic nitrogens is 2. The van der Waals surface area contributed by atoms with Crippen LogP contribution in [0.5, 0.6) is 0 Å². The molecule has 0 N–H and O–H groups in total. The van der Waals surface area contributed by atoms with Crippen molar-refractivity contribution in [3.05, 3.63) is 41.9 Å². The van der Waals surface area contributed by atoms with E-state index >= 15 is 0 Å². The Labute approximate surface area is 76.9 Å². The molecule has 0 saturated heterocycles. The highest BCUT2D eigenvalue weighted by Crippen LogP contribution is 2.31. The minimum Gasteiger partial charge on any atom is -0.324 e. The first-order chi connectivity index (χ1) is 6.36. The zero-order valence-corrected chi connectivity index (χ0v) is 7.49. The van der Waals surface area contributed by atoms with Crippen LogP contribution in [0.3, 0.4) is 0 Å². The van der Waals surface area contributed by atoms with Gasteiger partial charge < -0.3 is 4.57 Å². The number of imidazole rings is 1. The van der Waals surface area contributed by atoms with Crippen LogP contribution in [0.25, 0.3) is 11.3 Å². The summed E-state index contributed by atoms with van der Waals surface area (Å²) in [5.74, 6) is 1.10. The highest BCUT2D eigenvalue weighted by atomic mass is 15.1. The minimum absolute atomic E-state index is 0.983. The van der Waals surface area contributed by atoms with Crippen LogP contribution in [0.1, 0.15) is 11.4 Å². The molecule has 2 heteroatoms. The van der Waals surface area contributed by atoms with E-state index in [1.807, 2.05) is 6.20 Å². The van der Waals surface area contributed by atoms with Gasteiger partial charge in [0.15, 0.2) is 0 Å². The molecule has 0 unspecified atom stereocenters.